The van der Waals surface area contributed by atoms with Crippen LogP contribution in [-0.2, 0) is 23.8 Å². The zero-order valence-electron chi connectivity index (χ0n) is 9.89. The van der Waals surface area contributed by atoms with Gasteiger partial charge in [0.1, 0.15) is 12.4 Å². The van der Waals surface area contributed by atoms with Crippen LogP contribution < -0.4 is 0 Å². The molecule has 100 valence electrons. The molecule has 1 saturated carbocycles. The van der Waals surface area contributed by atoms with E-state index in [9.17, 15) is 9.59 Å². The summed E-state index contributed by atoms with van der Waals surface area (Å²) in [7, 11) is 0. The van der Waals surface area contributed by atoms with Gasteiger partial charge in [0.05, 0.1) is 23.6 Å². The lowest BCUT2D eigenvalue weighted by Crippen LogP contribution is -2.62. The van der Waals surface area contributed by atoms with Crippen LogP contribution >= 0.6 is 22.6 Å². The highest BCUT2D eigenvalue weighted by molar-refractivity contribution is 14.1. The quantitative estimate of drug-likeness (QED) is 0.318. The van der Waals surface area contributed by atoms with Gasteiger partial charge in [-0.2, -0.15) is 0 Å². The van der Waals surface area contributed by atoms with E-state index in [2.05, 4.69) is 22.6 Å². The van der Waals surface area contributed by atoms with Crippen LogP contribution in [0.4, 0.5) is 0 Å². The Bertz CT molecular complexity index is 379. The first kappa shape index (κ1) is 12.8. The summed E-state index contributed by atoms with van der Waals surface area (Å²) in [5.41, 5.74) is -0.535. The highest BCUT2D eigenvalue weighted by Gasteiger charge is 2.64. The summed E-state index contributed by atoms with van der Waals surface area (Å²) >= 11 is 2.28. The molecule has 0 aromatic carbocycles. The van der Waals surface area contributed by atoms with Crippen molar-refractivity contribution in [2.45, 2.75) is 41.5 Å². The van der Waals surface area contributed by atoms with Gasteiger partial charge in [-0.25, -0.2) is 0 Å². The van der Waals surface area contributed by atoms with Gasteiger partial charge in [0.15, 0.2) is 5.79 Å². The number of ether oxygens (including phenoxy) is 3. The van der Waals surface area contributed by atoms with Gasteiger partial charge in [-0.05, 0) is 6.42 Å². The minimum absolute atomic E-state index is 0.120. The van der Waals surface area contributed by atoms with Gasteiger partial charge in [-0.1, -0.05) is 22.6 Å². The summed E-state index contributed by atoms with van der Waals surface area (Å²) in [4.78, 5) is 22.8. The Hall–Kier alpha value is -0.210. The number of carbonyl (C=O) groups excluding carboxylic acids is 2. The molecule has 2 aliphatic heterocycles. The van der Waals surface area contributed by atoms with Gasteiger partial charge < -0.3 is 19.0 Å². The maximum absolute atomic E-state index is 11.8. The fourth-order valence-electron chi connectivity index (χ4n) is 3.43. The summed E-state index contributed by atoms with van der Waals surface area (Å²) in [6, 6.07) is 0. The summed E-state index contributed by atoms with van der Waals surface area (Å²) in [6.07, 6.45) is 2.60. The molecule has 6 heteroatoms. The van der Waals surface area contributed by atoms with Crippen LogP contribution in [0.5, 0.6) is 0 Å². The fourth-order valence-corrected chi connectivity index (χ4v) is 4.41. The number of fused-ring (bicyclic) bond motifs is 3. The first-order chi connectivity index (χ1) is 8.61. The topological polar surface area (TPSA) is 61.8 Å². The van der Waals surface area contributed by atoms with Crippen molar-refractivity contribution < 1.29 is 23.8 Å². The van der Waals surface area contributed by atoms with Crippen molar-refractivity contribution >= 4 is 34.8 Å². The zero-order valence-corrected chi connectivity index (χ0v) is 12.1. The third-order valence-electron chi connectivity index (χ3n) is 4.26. The van der Waals surface area contributed by atoms with Crippen molar-refractivity contribution in [1.82, 2.24) is 0 Å². The van der Waals surface area contributed by atoms with E-state index in [1.165, 1.54) is 0 Å². The Morgan fingerprint density at radius 2 is 2.06 bits per heavy atom. The molecule has 0 amide bonds. The number of hydrogen-bond donors (Lipinski definition) is 0. The molecule has 3 rings (SSSR count). The molecule has 2 heterocycles. The van der Waals surface area contributed by atoms with Crippen molar-refractivity contribution in [2.24, 2.45) is 5.41 Å². The Balaban J connectivity index is 2.01. The van der Waals surface area contributed by atoms with E-state index >= 15 is 0 Å². The molecule has 0 radical (unpaired) electrons. The minimum atomic E-state index is -0.768. The van der Waals surface area contributed by atoms with E-state index in [1.54, 1.807) is 0 Å². The highest BCUT2D eigenvalue weighted by Crippen LogP contribution is 2.57. The third kappa shape index (κ3) is 1.72. The van der Waals surface area contributed by atoms with Gasteiger partial charge in [0.2, 0.25) is 0 Å². The first-order valence-corrected chi connectivity index (χ1v) is 7.40. The molecule has 18 heavy (non-hydrogen) atoms. The number of aldehydes is 1. The minimum Gasteiger partial charge on any atom is -0.461 e. The Morgan fingerprint density at radius 3 is 2.72 bits per heavy atom. The lowest BCUT2D eigenvalue weighted by atomic mass is 9.63. The molecule has 0 N–H and O–H groups in total. The monoisotopic (exact) mass is 366 g/mol. The predicted octanol–water partition coefficient (Wildman–Crippen LogP) is 1.22. The van der Waals surface area contributed by atoms with Crippen LogP contribution in [0.2, 0.25) is 0 Å². The van der Waals surface area contributed by atoms with Crippen LogP contribution in [0.15, 0.2) is 0 Å². The van der Waals surface area contributed by atoms with Gasteiger partial charge in [-0.3, -0.25) is 4.79 Å². The van der Waals surface area contributed by atoms with Crippen molar-refractivity contribution in [3.63, 3.8) is 0 Å². The summed E-state index contributed by atoms with van der Waals surface area (Å²) in [5, 5.41) is 0. The lowest BCUT2D eigenvalue weighted by molar-refractivity contribution is -0.280. The van der Waals surface area contributed by atoms with Gasteiger partial charge in [0.25, 0.3) is 0 Å². The van der Waals surface area contributed by atoms with Crippen molar-refractivity contribution in [3.8, 4) is 0 Å². The molecule has 5 nitrogen and oxygen atoms in total. The molecule has 1 spiro atoms. The van der Waals surface area contributed by atoms with E-state index in [1.807, 2.05) is 0 Å². The molecule has 2 saturated heterocycles. The SMILES string of the molecule is O=CC[C@]12CC(=O)O[C@H](C1)[C@H](I)CC21OCCO1. The molecule has 2 bridgehead atoms. The second kappa shape index (κ2) is 4.42. The predicted molar refractivity (Wildman–Crippen MR) is 69.3 cm³/mol. The van der Waals surface area contributed by atoms with Crippen LogP contribution in [0.3, 0.4) is 0 Å². The first-order valence-electron chi connectivity index (χ1n) is 6.16. The second-order valence-electron chi connectivity index (χ2n) is 5.23. The molecule has 0 aromatic rings. The Morgan fingerprint density at radius 1 is 1.33 bits per heavy atom. The zero-order chi connectivity index (χ0) is 12.8. The summed E-state index contributed by atoms with van der Waals surface area (Å²) in [5.74, 6) is -1.01. The number of halogens is 1. The average Bonchev–Trinajstić information content (AvgIpc) is 2.77. The number of hydrogen-bond acceptors (Lipinski definition) is 5. The molecule has 3 aliphatic rings. The van der Waals surface area contributed by atoms with E-state index < -0.39 is 11.2 Å². The number of alkyl halides is 1. The van der Waals surface area contributed by atoms with Crippen molar-refractivity contribution in [3.05, 3.63) is 0 Å². The molecular weight excluding hydrogens is 351 g/mol. The molecule has 0 aromatic heterocycles. The standard InChI is InChI=1S/C12H15IO5/c13-8-5-12(16-3-4-17-12)11(1-2-14)6-9(8)18-10(15)7-11/h2,8-9H,1,3-7H2/t8-,9-,11-/m1/s1. The molecule has 3 atom stereocenters. The van der Waals surface area contributed by atoms with Crippen LogP contribution in [0, 0.1) is 5.41 Å². The normalized spacial score (nSPS) is 41.7. The largest absolute Gasteiger partial charge is 0.461 e. The maximum Gasteiger partial charge on any atom is 0.306 e. The number of esters is 1. The van der Waals surface area contributed by atoms with Crippen molar-refractivity contribution in [1.29, 1.82) is 0 Å². The molecule has 3 fully saturated rings. The number of rotatable bonds is 2. The van der Waals surface area contributed by atoms with E-state index in [0.29, 0.717) is 32.5 Å². The van der Waals surface area contributed by atoms with Gasteiger partial charge in [0, 0.05) is 18.3 Å². The van der Waals surface area contributed by atoms with E-state index in [-0.39, 0.29) is 22.4 Å². The second-order valence-corrected chi connectivity index (χ2v) is 6.83. The average molecular weight is 366 g/mol. The van der Waals surface area contributed by atoms with Crippen LogP contribution in [0.25, 0.3) is 0 Å². The van der Waals surface area contributed by atoms with Crippen LogP contribution in [0.1, 0.15) is 25.7 Å². The summed E-state index contributed by atoms with van der Waals surface area (Å²) < 4.78 is 17.2. The third-order valence-corrected chi connectivity index (χ3v) is 5.50. The lowest BCUT2D eigenvalue weighted by Gasteiger charge is -2.54. The molecular formula is C12H15IO5. The molecule has 1 aliphatic carbocycles. The molecule has 0 unspecified atom stereocenters. The smallest absolute Gasteiger partial charge is 0.306 e. The van der Waals surface area contributed by atoms with E-state index in [4.69, 9.17) is 14.2 Å². The van der Waals surface area contributed by atoms with Crippen LogP contribution in [-0.4, -0.2) is 41.3 Å². The van der Waals surface area contributed by atoms with Gasteiger partial charge in [-0.15, -0.1) is 0 Å². The Labute approximate surface area is 119 Å². The summed E-state index contributed by atoms with van der Waals surface area (Å²) in [6.45, 7) is 1.06. The van der Waals surface area contributed by atoms with Gasteiger partial charge >= 0.3 is 5.97 Å². The maximum atomic E-state index is 11.8. The number of carbonyl (C=O) groups is 2. The highest BCUT2D eigenvalue weighted by atomic mass is 127. The van der Waals surface area contributed by atoms with E-state index in [0.717, 1.165) is 6.29 Å². The fraction of sp³-hybridized carbons (Fsp3) is 0.833. The Kier molecular flexibility index (Phi) is 3.14. The van der Waals surface area contributed by atoms with Crippen molar-refractivity contribution in [2.75, 3.05) is 13.2 Å².